The Morgan fingerprint density at radius 3 is 1.88 bits per heavy atom. The monoisotopic (exact) mass is 324 g/mol. The molecule has 0 unspecified atom stereocenters. The lowest BCUT2D eigenvalue weighted by atomic mass is 10.0. The maximum absolute atomic E-state index is 4.59. The van der Waals surface area contributed by atoms with Gasteiger partial charge in [0.2, 0.25) is 0 Å². The van der Waals surface area contributed by atoms with Crippen LogP contribution in [-0.2, 0) is 0 Å². The molecule has 0 bridgehead atoms. The molecule has 120 valence electrons. The van der Waals surface area contributed by atoms with E-state index in [4.69, 9.17) is 0 Å². The van der Waals surface area contributed by atoms with Crippen LogP contribution < -0.4 is 0 Å². The van der Waals surface area contributed by atoms with Crippen LogP contribution in [0.3, 0.4) is 0 Å². The van der Waals surface area contributed by atoms with Gasteiger partial charge in [0.15, 0.2) is 0 Å². The van der Waals surface area contributed by atoms with Gasteiger partial charge in [-0.25, -0.2) is 9.97 Å². The van der Waals surface area contributed by atoms with Crippen LogP contribution in [0.5, 0.6) is 0 Å². The fourth-order valence-corrected chi connectivity index (χ4v) is 2.75. The third kappa shape index (κ3) is 3.28. The number of pyridine rings is 2. The molecule has 0 aliphatic carbocycles. The molecule has 4 heteroatoms. The quantitative estimate of drug-likeness (QED) is 0.553. The van der Waals surface area contributed by atoms with Crippen LogP contribution >= 0.6 is 0 Å². The van der Waals surface area contributed by atoms with Crippen LogP contribution in [-0.4, -0.2) is 19.9 Å². The van der Waals surface area contributed by atoms with E-state index in [1.54, 1.807) is 18.6 Å². The van der Waals surface area contributed by atoms with Crippen molar-refractivity contribution in [3.05, 3.63) is 85.2 Å². The average Bonchev–Trinajstić information content (AvgIpc) is 2.69. The van der Waals surface area contributed by atoms with Gasteiger partial charge in [0.05, 0.1) is 11.4 Å². The molecule has 3 heterocycles. The normalized spacial score (nSPS) is 10.6. The van der Waals surface area contributed by atoms with Crippen LogP contribution in [0.25, 0.3) is 33.6 Å². The Morgan fingerprint density at radius 2 is 1.24 bits per heavy atom. The van der Waals surface area contributed by atoms with Gasteiger partial charge in [0, 0.05) is 35.9 Å². The van der Waals surface area contributed by atoms with E-state index >= 15 is 0 Å². The van der Waals surface area contributed by atoms with E-state index in [2.05, 4.69) is 50.3 Å². The number of rotatable bonds is 3. The van der Waals surface area contributed by atoms with Gasteiger partial charge in [-0.05, 0) is 42.3 Å². The first-order chi connectivity index (χ1) is 12.3. The van der Waals surface area contributed by atoms with Gasteiger partial charge in [0.25, 0.3) is 0 Å². The van der Waals surface area contributed by atoms with Crippen molar-refractivity contribution in [2.24, 2.45) is 0 Å². The molecule has 0 radical (unpaired) electrons. The SMILES string of the molecule is Cc1nc(-c2ccncc2)cc(-c2ccc(-c3cccnc3)cc2)n1. The number of aryl methyl sites for hydroxylation is 1. The van der Waals surface area contributed by atoms with Crippen molar-refractivity contribution in [2.75, 3.05) is 0 Å². The smallest absolute Gasteiger partial charge is 0.126 e. The molecule has 4 aromatic rings. The van der Waals surface area contributed by atoms with Gasteiger partial charge in [-0.1, -0.05) is 30.3 Å². The first-order valence-corrected chi connectivity index (χ1v) is 8.06. The highest BCUT2D eigenvalue weighted by atomic mass is 14.9. The summed E-state index contributed by atoms with van der Waals surface area (Å²) in [6.45, 7) is 1.91. The van der Waals surface area contributed by atoms with Crippen LogP contribution in [0, 0.1) is 6.92 Å². The third-order valence-electron chi connectivity index (χ3n) is 3.99. The lowest BCUT2D eigenvalue weighted by molar-refractivity contribution is 1.06. The Hall–Kier alpha value is -3.40. The Balaban J connectivity index is 1.71. The summed E-state index contributed by atoms with van der Waals surface area (Å²) in [5.41, 5.74) is 6.16. The van der Waals surface area contributed by atoms with Crippen molar-refractivity contribution in [3.63, 3.8) is 0 Å². The van der Waals surface area contributed by atoms with Gasteiger partial charge in [0.1, 0.15) is 5.82 Å². The zero-order valence-electron chi connectivity index (χ0n) is 13.8. The second kappa shape index (κ2) is 6.61. The second-order valence-corrected chi connectivity index (χ2v) is 5.74. The molecular formula is C21H16N4. The summed E-state index contributed by atoms with van der Waals surface area (Å²) in [4.78, 5) is 17.4. The highest BCUT2D eigenvalue weighted by Crippen LogP contribution is 2.26. The molecule has 0 aliphatic heterocycles. The summed E-state index contributed by atoms with van der Waals surface area (Å²) in [6.07, 6.45) is 7.19. The molecule has 3 aromatic heterocycles. The highest BCUT2D eigenvalue weighted by molar-refractivity contribution is 5.71. The van der Waals surface area contributed by atoms with Gasteiger partial charge >= 0.3 is 0 Å². The summed E-state index contributed by atoms with van der Waals surface area (Å²) in [6, 6.07) is 18.3. The largest absolute Gasteiger partial charge is 0.265 e. The fraction of sp³-hybridized carbons (Fsp3) is 0.0476. The molecule has 0 N–H and O–H groups in total. The Kier molecular flexibility index (Phi) is 4.01. The molecule has 1 aromatic carbocycles. The van der Waals surface area contributed by atoms with E-state index in [9.17, 15) is 0 Å². The lowest BCUT2D eigenvalue weighted by Crippen LogP contribution is -1.94. The standard InChI is InChI=1S/C21H16N4/c1-15-24-20(13-21(25-15)18-8-11-22-12-9-18)17-6-4-16(5-7-17)19-3-2-10-23-14-19/h2-14H,1H3. The van der Waals surface area contributed by atoms with E-state index in [1.807, 2.05) is 37.4 Å². The van der Waals surface area contributed by atoms with Gasteiger partial charge in [-0.3, -0.25) is 9.97 Å². The maximum Gasteiger partial charge on any atom is 0.126 e. The van der Waals surface area contributed by atoms with Gasteiger partial charge in [-0.15, -0.1) is 0 Å². The molecule has 0 spiro atoms. The van der Waals surface area contributed by atoms with Crippen molar-refractivity contribution in [2.45, 2.75) is 6.92 Å². The van der Waals surface area contributed by atoms with Gasteiger partial charge < -0.3 is 0 Å². The third-order valence-corrected chi connectivity index (χ3v) is 3.99. The number of hydrogen-bond donors (Lipinski definition) is 0. The molecule has 0 saturated heterocycles. The fourth-order valence-electron chi connectivity index (χ4n) is 2.75. The second-order valence-electron chi connectivity index (χ2n) is 5.74. The van der Waals surface area contributed by atoms with Gasteiger partial charge in [-0.2, -0.15) is 0 Å². The molecule has 0 saturated carbocycles. The summed E-state index contributed by atoms with van der Waals surface area (Å²) in [5, 5.41) is 0. The molecule has 0 aliphatic rings. The van der Waals surface area contributed by atoms with Crippen molar-refractivity contribution in [1.29, 1.82) is 0 Å². The molecular weight excluding hydrogens is 308 g/mol. The maximum atomic E-state index is 4.59. The number of hydrogen-bond acceptors (Lipinski definition) is 4. The minimum absolute atomic E-state index is 0.751. The van der Waals surface area contributed by atoms with E-state index in [1.165, 1.54) is 0 Å². The topological polar surface area (TPSA) is 51.6 Å². The van der Waals surface area contributed by atoms with Crippen LogP contribution in [0.1, 0.15) is 5.82 Å². The first kappa shape index (κ1) is 15.1. The Bertz CT molecular complexity index is 981. The van der Waals surface area contributed by atoms with Crippen molar-refractivity contribution in [1.82, 2.24) is 19.9 Å². The lowest BCUT2D eigenvalue weighted by Gasteiger charge is -2.08. The number of benzene rings is 1. The first-order valence-electron chi connectivity index (χ1n) is 8.06. The predicted molar refractivity (Wildman–Crippen MR) is 98.7 cm³/mol. The zero-order valence-corrected chi connectivity index (χ0v) is 13.8. The highest BCUT2D eigenvalue weighted by Gasteiger charge is 2.07. The van der Waals surface area contributed by atoms with Crippen LogP contribution in [0.2, 0.25) is 0 Å². The van der Waals surface area contributed by atoms with E-state index in [0.717, 1.165) is 39.5 Å². The molecule has 0 fully saturated rings. The van der Waals surface area contributed by atoms with Crippen LogP contribution in [0.4, 0.5) is 0 Å². The van der Waals surface area contributed by atoms with E-state index < -0.39 is 0 Å². The van der Waals surface area contributed by atoms with Crippen molar-refractivity contribution < 1.29 is 0 Å². The van der Waals surface area contributed by atoms with Crippen LogP contribution in [0.15, 0.2) is 79.4 Å². The predicted octanol–water partition coefficient (Wildman–Crippen LogP) is 4.58. The number of aromatic nitrogens is 4. The number of nitrogens with zero attached hydrogens (tertiary/aromatic N) is 4. The summed E-state index contributed by atoms with van der Waals surface area (Å²) < 4.78 is 0. The van der Waals surface area contributed by atoms with Crippen molar-refractivity contribution >= 4 is 0 Å². The molecule has 25 heavy (non-hydrogen) atoms. The van der Waals surface area contributed by atoms with E-state index in [0.29, 0.717) is 0 Å². The van der Waals surface area contributed by atoms with Crippen molar-refractivity contribution in [3.8, 4) is 33.6 Å². The Labute approximate surface area is 146 Å². The molecule has 4 nitrogen and oxygen atoms in total. The summed E-state index contributed by atoms with van der Waals surface area (Å²) in [5.74, 6) is 0.751. The average molecular weight is 324 g/mol. The minimum atomic E-state index is 0.751. The minimum Gasteiger partial charge on any atom is -0.265 e. The summed E-state index contributed by atoms with van der Waals surface area (Å²) in [7, 11) is 0. The zero-order chi connectivity index (χ0) is 17.1. The molecule has 0 atom stereocenters. The van der Waals surface area contributed by atoms with E-state index in [-0.39, 0.29) is 0 Å². The summed E-state index contributed by atoms with van der Waals surface area (Å²) >= 11 is 0. The molecule has 4 rings (SSSR count). The Morgan fingerprint density at radius 1 is 0.600 bits per heavy atom. The molecule has 0 amide bonds.